The number of benzene rings is 1. The maximum absolute atomic E-state index is 5.39. The van der Waals surface area contributed by atoms with Gasteiger partial charge >= 0.3 is 0 Å². The van der Waals surface area contributed by atoms with Crippen molar-refractivity contribution in [3.05, 3.63) is 40.6 Å². The van der Waals surface area contributed by atoms with E-state index >= 15 is 0 Å². The zero-order valence-electron chi connectivity index (χ0n) is 15.5. The van der Waals surface area contributed by atoms with Crippen molar-refractivity contribution in [2.45, 2.75) is 25.3 Å². The van der Waals surface area contributed by atoms with Gasteiger partial charge in [0.1, 0.15) is 6.33 Å². The molecule has 1 aromatic carbocycles. The molecule has 0 atom stereocenters. The van der Waals surface area contributed by atoms with Gasteiger partial charge in [-0.2, -0.15) is 0 Å². The Labute approximate surface area is 162 Å². The van der Waals surface area contributed by atoms with Crippen LogP contribution in [0.4, 0.5) is 5.69 Å². The van der Waals surface area contributed by atoms with E-state index in [2.05, 4.69) is 43.3 Å². The second-order valence-electron chi connectivity index (χ2n) is 7.30. The van der Waals surface area contributed by atoms with Gasteiger partial charge in [0.05, 0.1) is 28.7 Å². The van der Waals surface area contributed by atoms with Gasteiger partial charge in [-0.25, -0.2) is 15.0 Å². The fourth-order valence-corrected chi connectivity index (χ4v) is 4.67. The van der Waals surface area contributed by atoms with Gasteiger partial charge in [0.2, 0.25) is 5.88 Å². The number of ether oxygens (including phenoxy) is 1. The van der Waals surface area contributed by atoms with Crippen molar-refractivity contribution < 1.29 is 4.74 Å². The van der Waals surface area contributed by atoms with Crippen molar-refractivity contribution in [1.82, 2.24) is 19.9 Å². The highest BCUT2D eigenvalue weighted by Crippen LogP contribution is 2.41. The van der Waals surface area contributed by atoms with E-state index in [1.807, 2.05) is 11.3 Å². The Morgan fingerprint density at radius 3 is 2.78 bits per heavy atom. The summed E-state index contributed by atoms with van der Waals surface area (Å²) in [6, 6.07) is 6.34. The van der Waals surface area contributed by atoms with Crippen LogP contribution in [0.2, 0.25) is 0 Å². The van der Waals surface area contributed by atoms with Gasteiger partial charge < -0.3 is 9.64 Å². The minimum Gasteiger partial charge on any atom is -0.480 e. The standard InChI is InChI=1S/C20H23N5OS/c1-26-19-17-10-16(4-5-18(17)21-13-22-19)25-8-6-24(7-9-25)11-15-12-27-20(23-15)14-2-3-14/h4-5,10,12-14H,2-3,6-9,11H2,1H3. The molecular formula is C20H23N5OS. The first-order valence-electron chi connectivity index (χ1n) is 9.50. The van der Waals surface area contributed by atoms with E-state index in [0.717, 1.165) is 49.5 Å². The third-order valence-electron chi connectivity index (χ3n) is 5.39. The van der Waals surface area contributed by atoms with Crippen molar-refractivity contribution in [2.75, 3.05) is 38.2 Å². The normalized spacial score (nSPS) is 18.2. The second-order valence-corrected chi connectivity index (χ2v) is 8.19. The molecule has 1 aliphatic carbocycles. The summed E-state index contributed by atoms with van der Waals surface area (Å²) in [7, 11) is 1.65. The molecule has 3 aromatic rings. The van der Waals surface area contributed by atoms with Crippen LogP contribution in [0.25, 0.3) is 10.9 Å². The van der Waals surface area contributed by atoms with E-state index in [0.29, 0.717) is 5.88 Å². The highest BCUT2D eigenvalue weighted by Gasteiger charge is 2.27. The third kappa shape index (κ3) is 3.49. The first kappa shape index (κ1) is 16.9. The molecule has 0 spiro atoms. The Morgan fingerprint density at radius 1 is 1.15 bits per heavy atom. The summed E-state index contributed by atoms with van der Waals surface area (Å²) in [4.78, 5) is 18.3. The van der Waals surface area contributed by atoms with Crippen molar-refractivity contribution in [3.63, 3.8) is 0 Å². The molecule has 1 saturated heterocycles. The van der Waals surface area contributed by atoms with Crippen LogP contribution < -0.4 is 9.64 Å². The maximum Gasteiger partial charge on any atom is 0.224 e. The highest BCUT2D eigenvalue weighted by atomic mass is 32.1. The molecule has 2 aliphatic rings. The summed E-state index contributed by atoms with van der Waals surface area (Å²) >= 11 is 1.84. The number of hydrogen-bond acceptors (Lipinski definition) is 7. The second kappa shape index (κ2) is 7.05. The summed E-state index contributed by atoms with van der Waals surface area (Å²) in [6.07, 6.45) is 4.20. The van der Waals surface area contributed by atoms with E-state index in [-0.39, 0.29) is 0 Å². The fraction of sp³-hybridized carbons (Fsp3) is 0.450. The monoisotopic (exact) mass is 381 g/mol. The van der Waals surface area contributed by atoms with Gasteiger partial charge in [0, 0.05) is 49.7 Å². The molecule has 140 valence electrons. The van der Waals surface area contributed by atoms with Gasteiger partial charge in [-0.3, -0.25) is 4.90 Å². The lowest BCUT2D eigenvalue weighted by atomic mass is 10.2. The Kier molecular flexibility index (Phi) is 4.41. The smallest absolute Gasteiger partial charge is 0.224 e. The lowest BCUT2D eigenvalue weighted by Gasteiger charge is -2.35. The molecular weight excluding hydrogens is 358 g/mol. The van der Waals surface area contributed by atoms with Crippen LogP contribution in [0.15, 0.2) is 29.9 Å². The van der Waals surface area contributed by atoms with Gasteiger partial charge in [-0.1, -0.05) is 0 Å². The predicted octanol–water partition coefficient (Wildman–Crippen LogP) is 3.29. The lowest BCUT2D eigenvalue weighted by Crippen LogP contribution is -2.46. The molecule has 0 radical (unpaired) electrons. The largest absolute Gasteiger partial charge is 0.480 e. The van der Waals surface area contributed by atoms with Gasteiger partial charge in [0.15, 0.2) is 0 Å². The van der Waals surface area contributed by atoms with Crippen molar-refractivity contribution in [3.8, 4) is 5.88 Å². The Hall–Kier alpha value is -2.25. The predicted molar refractivity (Wildman–Crippen MR) is 108 cm³/mol. The molecule has 2 fully saturated rings. The van der Waals surface area contributed by atoms with E-state index in [1.54, 1.807) is 13.4 Å². The van der Waals surface area contributed by atoms with Crippen LogP contribution in [0.3, 0.4) is 0 Å². The molecule has 6 nitrogen and oxygen atoms in total. The van der Waals surface area contributed by atoms with Gasteiger partial charge in [0.25, 0.3) is 0 Å². The van der Waals surface area contributed by atoms with Gasteiger partial charge in [-0.15, -0.1) is 11.3 Å². The van der Waals surface area contributed by atoms with E-state index in [4.69, 9.17) is 9.72 Å². The first-order chi connectivity index (χ1) is 13.3. The molecule has 0 bridgehead atoms. The number of anilines is 1. The Balaban J connectivity index is 1.25. The maximum atomic E-state index is 5.39. The molecule has 27 heavy (non-hydrogen) atoms. The number of methoxy groups -OCH3 is 1. The molecule has 3 heterocycles. The molecule has 0 N–H and O–H groups in total. The lowest BCUT2D eigenvalue weighted by molar-refractivity contribution is 0.247. The van der Waals surface area contributed by atoms with Crippen LogP contribution in [-0.4, -0.2) is 53.1 Å². The molecule has 0 unspecified atom stereocenters. The molecule has 5 rings (SSSR count). The van der Waals surface area contributed by atoms with Crippen LogP contribution in [0, 0.1) is 0 Å². The Bertz CT molecular complexity index is 946. The number of hydrogen-bond donors (Lipinski definition) is 0. The van der Waals surface area contributed by atoms with Crippen molar-refractivity contribution >= 4 is 27.9 Å². The van der Waals surface area contributed by atoms with Crippen LogP contribution in [0.1, 0.15) is 29.5 Å². The van der Waals surface area contributed by atoms with Crippen LogP contribution in [-0.2, 0) is 6.54 Å². The van der Waals surface area contributed by atoms with Crippen LogP contribution >= 0.6 is 11.3 Å². The fourth-order valence-electron chi connectivity index (χ4n) is 3.69. The summed E-state index contributed by atoms with van der Waals surface area (Å²) in [5, 5.41) is 4.56. The van der Waals surface area contributed by atoms with Crippen molar-refractivity contribution in [2.24, 2.45) is 0 Å². The summed E-state index contributed by atoms with van der Waals surface area (Å²) in [5.74, 6) is 1.39. The number of fused-ring (bicyclic) bond motifs is 1. The zero-order chi connectivity index (χ0) is 18.2. The SMILES string of the molecule is COc1ncnc2ccc(N3CCN(Cc4csc(C5CC5)n4)CC3)cc12. The third-order valence-corrected chi connectivity index (χ3v) is 6.45. The summed E-state index contributed by atoms with van der Waals surface area (Å²) in [5.41, 5.74) is 3.36. The molecule has 0 amide bonds. The van der Waals surface area contributed by atoms with E-state index in [9.17, 15) is 0 Å². The topological polar surface area (TPSA) is 54.4 Å². The zero-order valence-corrected chi connectivity index (χ0v) is 16.3. The number of aromatic nitrogens is 3. The molecule has 1 aliphatic heterocycles. The Morgan fingerprint density at radius 2 is 2.00 bits per heavy atom. The summed E-state index contributed by atoms with van der Waals surface area (Å²) < 4.78 is 5.39. The van der Waals surface area contributed by atoms with Gasteiger partial charge in [-0.05, 0) is 31.0 Å². The number of rotatable bonds is 5. The number of thiazole rings is 1. The molecule has 1 saturated carbocycles. The van der Waals surface area contributed by atoms with Crippen molar-refractivity contribution in [1.29, 1.82) is 0 Å². The van der Waals surface area contributed by atoms with Crippen LogP contribution in [0.5, 0.6) is 5.88 Å². The summed E-state index contributed by atoms with van der Waals surface area (Å²) in [6.45, 7) is 5.10. The van der Waals surface area contributed by atoms with E-state index in [1.165, 1.54) is 29.2 Å². The average Bonchev–Trinajstić information content (AvgIpc) is 3.47. The molecule has 2 aromatic heterocycles. The quantitative estimate of drug-likeness (QED) is 0.676. The number of piperazine rings is 1. The van der Waals surface area contributed by atoms with E-state index < -0.39 is 0 Å². The minimum atomic E-state index is 0.635. The first-order valence-corrected chi connectivity index (χ1v) is 10.4. The minimum absolute atomic E-state index is 0.635. The molecule has 7 heteroatoms. The number of nitrogens with zero attached hydrogens (tertiary/aromatic N) is 5. The highest BCUT2D eigenvalue weighted by molar-refractivity contribution is 7.09. The average molecular weight is 382 g/mol.